The third-order valence-electron chi connectivity index (χ3n) is 4.46. The lowest BCUT2D eigenvalue weighted by molar-refractivity contribution is -0.384. The van der Waals surface area contributed by atoms with Crippen LogP contribution in [0.15, 0.2) is 30.3 Å². The number of carbonyl (C=O) groups excluding carboxylic acids is 2. The van der Waals surface area contributed by atoms with Crippen LogP contribution in [0.3, 0.4) is 0 Å². The second-order valence-electron chi connectivity index (χ2n) is 6.22. The first kappa shape index (κ1) is 17.1. The molecule has 0 radical (unpaired) electrons. The van der Waals surface area contributed by atoms with E-state index in [0.29, 0.717) is 32.8 Å². The number of hydrogen-bond donors (Lipinski definition) is 2. The summed E-state index contributed by atoms with van der Waals surface area (Å²) in [5.41, 5.74) is 8.12. The number of aromatic nitrogens is 1. The van der Waals surface area contributed by atoms with Crippen molar-refractivity contribution in [3.05, 3.63) is 56.6 Å². The van der Waals surface area contributed by atoms with Gasteiger partial charge in [-0.25, -0.2) is 4.98 Å². The molecular weight excluding hydrogens is 368 g/mol. The highest BCUT2D eigenvalue weighted by Gasteiger charge is 2.23. The van der Waals surface area contributed by atoms with Crippen LogP contribution in [0.2, 0.25) is 0 Å². The van der Waals surface area contributed by atoms with Crippen molar-refractivity contribution in [1.82, 2.24) is 4.98 Å². The zero-order valence-electron chi connectivity index (χ0n) is 14.0. The first-order valence-electron chi connectivity index (χ1n) is 8.25. The van der Waals surface area contributed by atoms with Gasteiger partial charge in [0.2, 0.25) is 0 Å². The van der Waals surface area contributed by atoms with E-state index in [2.05, 4.69) is 10.3 Å². The number of nitrogens with two attached hydrogens (primary N) is 1. The Morgan fingerprint density at radius 2 is 2.00 bits per heavy atom. The number of thiophene rings is 1. The molecule has 0 bridgehead atoms. The van der Waals surface area contributed by atoms with Crippen LogP contribution >= 0.6 is 11.3 Å². The van der Waals surface area contributed by atoms with E-state index in [1.54, 1.807) is 6.07 Å². The van der Waals surface area contributed by atoms with Gasteiger partial charge >= 0.3 is 0 Å². The van der Waals surface area contributed by atoms with Crippen molar-refractivity contribution in [2.45, 2.75) is 19.3 Å². The fourth-order valence-electron chi connectivity index (χ4n) is 3.08. The molecule has 1 aromatic carbocycles. The summed E-state index contributed by atoms with van der Waals surface area (Å²) in [6.07, 6.45) is 2.01. The highest BCUT2D eigenvalue weighted by Crippen LogP contribution is 2.35. The van der Waals surface area contributed by atoms with Gasteiger partial charge in [-0.15, -0.1) is 11.3 Å². The number of carbonyl (C=O) groups is 2. The van der Waals surface area contributed by atoms with Crippen LogP contribution in [0.25, 0.3) is 10.2 Å². The minimum absolute atomic E-state index is 0.0492. The number of nitro benzene ring substituents is 1. The van der Waals surface area contributed by atoms with Gasteiger partial charge in [-0.05, 0) is 31.0 Å². The Bertz CT molecular complexity index is 1100. The lowest BCUT2D eigenvalue weighted by atomic mass is 9.94. The number of pyridine rings is 1. The Balaban J connectivity index is 1.66. The molecule has 0 saturated heterocycles. The highest BCUT2D eigenvalue weighted by atomic mass is 32.1. The van der Waals surface area contributed by atoms with Crippen molar-refractivity contribution in [1.29, 1.82) is 0 Å². The maximum atomic E-state index is 12.6. The molecule has 3 N–H and O–H groups in total. The summed E-state index contributed by atoms with van der Waals surface area (Å²) in [6, 6.07) is 7.26. The molecule has 8 nitrogen and oxygen atoms in total. The molecule has 0 aliphatic heterocycles. The van der Waals surface area contributed by atoms with E-state index in [9.17, 15) is 19.7 Å². The average Bonchev–Trinajstić information content (AvgIpc) is 2.97. The molecule has 0 spiro atoms. The molecule has 1 aliphatic rings. The number of anilines is 2. The van der Waals surface area contributed by atoms with Crippen molar-refractivity contribution in [3.63, 3.8) is 0 Å². The maximum Gasteiger partial charge on any atom is 0.269 e. The Morgan fingerprint density at radius 1 is 1.26 bits per heavy atom. The number of nitrogens with zero attached hydrogens (tertiary/aromatic N) is 2. The van der Waals surface area contributed by atoms with E-state index in [1.165, 1.54) is 35.6 Å². The van der Waals surface area contributed by atoms with Crippen molar-refractivity contribution in [2.24, 2.45) is 0 Å². The Labute approximate surface area is 157 Å². The van der Waals surface area contributed by atoms with Crippen LogP contribution < -0.4 is 11.1 Å². The lowest BCUT2D eigenvalue weighted by Gasteiger charge is -2.13. The quantitative estimate of drug-likeness (QED) is 0.526. The fraction of sp³-hybridized carbons (Fsp3) is 0.167. The number of benzene rings is 1. The maximum absolute atomic E-state index is 12.6. The molecule has 2 heterocycles. The zero-order chi connectivity index (χ0) is 19.1. The van der Waals surface area contributed by atoms with Crippen LogP contribution in [0, 0.1) is 10.1 Å². The number of non-ortho nitro benzene ring substituents is 1. The van der Waals surface area contributed by atoms with Crippen molar-refractivity contribution in [2.75, 3.05) is 11.1 Å². The van der Waals surface area contributed by atoms with Gasteiger partial charge in [0.05, 0.1) is 16.3 Å². The Hall–Kier alpha value is -3.33. The SMILES string of the molecule is Nc1c(C(=O)Nc2ccc([N+](=O)[O-])cc2)sc2nc3c(cc12)C(=O)CCC3. The highest BCUT2D eigenvalue weighted by molar-refractivity contribution is 7.21. The van der Waals surface area contributed by atoms with Gasteiger partial charge in [0.15, 0.2) is 5.78 Å². The third-order valence-corrected chi connectivity index (χ3v) is 5.57. The number of hydrogen-bond acceptors (Lipinski definition) is 7. The van der Waals surface area contributed by atoms with Crippen LogP contribution in [0.4, 0.5) is 17.1 Å². The van der Waals surface area contributed by atoms with Gasteiger partial charge < -0.3 is 11.1 Å². The number of aryl methyl sites for hydroxylation is 1. The standard InChI is InChI=1S/C18H14N4O4S/c19-15-12-8-11-13(2-1-3-14(11)23)21-18(12)27-16(15)17(24)20-9-4-6-10(7-5-9)22(25)26/h4-8H,1-3,19H2,(H,20,24). The molecule has 0 fully saturated rings. The van der Waals surface area contributed by atoms with Gasteiger partial charge in [0, 0.05) is 35.2 Å². The Kier molecular flexibility index (Phi) is 4.08. The monoisotopic (exact) mass is 382 g/mol. The smallest absolute Gasteiger partial charge is 0.269 e. The van der Waals surface area contributed by atoms with Crippen molar-refractivity contribution < 1.29 is 14.5 Å². The van der Waals surface area contributed by atoms with Gasteiger partial charge in [0.1, 0.15) is 9.71 Å². The average molecular weight is 382 g/mol. The second-order valence-corrected chi connectivity index (χ2v) is 7.21. The minimum atomic E-state index is -0.510. The summed E-state index contributed by atoms with van der Waals surface area (Å²) < 4.78 is 0. The molecular formula is C18H14N4O4S. The van der Waals surface area contributed by atoms with Gasteiger partial charge in [-0.3, -0.25) is 19.7 Å². The first-order chi connectivity index (χ1) is 12.9. The predicted octanol–water partition coefficient (Wildman–Crippen LogP) is 3.56. The topological polar surface area (TPSA) is 128 Å². The molecule has 2 aromatic heterocycles. The predicted molar refractivity (Wildman–Crippen MR) is 102 cm³/mol. The number of nitrogen functional groups attached to an aromatic ring is 1. The first-order valence-corrected chi connectivity index (χ1v) is 9.06. The molecule has 3 aromatic rings. The van der Waals surface area contributed by atoms with Gasteiger partial charge in [-0.2, -0.15) is 0 Å². The summed E-state index contributed by atoms with van der Waals surface area (Å²) in [4.78, 5) is 40.3. The third kappa shape index (κ3) is 3.02. The van der Waals surface area contributed by atoms with E-state index in [-0.39, 0.29) is 17.2 Å². The molecule has 0 unspecified atom stereocenters. The van der Waals surface area contributed by atoms with Crippen LogP contribution in [0.5, 0.6) is 0 Å². The summed E-state index contributed by atoms with van der Waals surface area (Å²) in [5, 5.41) is 14.0. The summed E-state index contributed by atoms with van der Waals surface area (Å²) in [6.45, 7) is 0. The van der Waals surface area contributed by atoms with Crippen molar-refractivity contribution in [3.8, 4) is 0 Å². The molecule has 1 amide bonds. The largest absolute Gasteiger partial charge is 0.397 e. The number of amides is 1. The van der Waals surface area contributed by atoms with Crippen LogP contribution in [-0.2, 0) is 6.42 Å². The van der Waals surface area contributed by atoms with E-state index >= 15 is 0 Å². The molecule has 1 aliphatic carbocycles. The minimum Gasteiger partial charge on any atom is -0.397 e. The molecule has 0 atom stereocenters. The number of nitro groups is 1. The summed E-state index contributed by atoms with van der Waals surface area (Å²) >= 11 is 1.17. The second kappa shape index (κ2) is 6.44. The molecule has 9 heteroatoms. The van der Waals surface area contributed by atoms with Gasteiger partial charge in [-0.1, -0.05) is 0 Å². The molecule has 0 saturated carbocycles. The molecule has 4 rings (SSSR count). The number of nitrogens with one attached hydrogen (secondary N) is 1. The normalized spacial score (nSPS) is 13.4. The zero-order valence-corrected chi connectivity index (χ0v) is 14.8. The number of rotatable bonds is 3. The summed E-state index contributed by atoms with van der Waals surface area (Å²) in [7, 11) is 0. The molecule has 136 valence electrons. The van der Waals surface area contributed by atoms with Crippen LogP contribution in [-0.4, -0.2) is 21.6 Å². The fourth-order valence-corrected chi connectivity index (χ4v) is 4.07. The molecule has 27 heavy (non-hydrogen) atoms. The number of fused-ring (bicyclic) bond motifs is 2. The van der Waals surface area contributed by atoms with Crippen LogP contribution in [0.1, 0.15) is 38.6 Å². The van der Waals surface area contributed by atoms with E-state index in [4.69, 9.17) is 5.73 Å². The van der Waals surface area contributed by atoms with Gasteiger partial charge in [0.25, 0.3) is 11.6 Å². The summed E-state index contributed by atoms with van der Waals surface area (Å²) in [5.74, 6) is -0.373. The van der Waals surface area contributed by atoms with E-state index < -0.39 is 10.8 Å². The van der Waals surface area contributed by atoms with E-state index in [0.717, 1.165) is 18.5 Å². The Morgan fingerprint density at radius 3 is 2.70 bits per heavy atom. The lowest BCUT2D eigenvalue weighted by Crippen LogP contribution is -2.12. The number of Topliss-reactive ketones (excluding diaryl/α,β-unsaturated/α-hetero) is 1. The number of ketones is 1. The van der Waals surface area contributed by atoms with E-state index in [1.807, 2.05) is 0 Å². The van der Waals surface area contributed by atoms with Crippen molar-refractivity contribution >= 4 is 50.3 Å².